The number of anilines is 6. The molecule has 0 radical (unpaired) electrons. The first-order valence-corrected chi connectivity index (χ1v) is 51.8. The Bertz CT molecular complexity index is 5830. The number of hydrogen-bond donors (Lipinski definition) is 0. The van der Waals surface area contributed by atoms with Gasteiger partial charge in [0.25, 0.3) is 94.5 Å². The molecule has 8 aromatic rings. The van der Waals surface area contributed by atoms with E-state index in [4.69, 9.17) is 17.7 Å². The smallest absolute Gasteiger partial charge is 0.311 e. The van der Waals surface area contributed by atoms with Crippen LogP contribution in [0.3, 0.4) is 0 Å². The van der Waals surface area contributed by atoms with Crippen LogP contribution in [-0.4, -0.2) is 142 Å². The minimum Gasteiger partial charge on any atom is -0.457 e. The van der Waals surface area contributed by atoms with Crippen molar-refractivity contribution in [2.24, 2.45) is 0 Å². The number of imide groups is 8. The predicted molar refractivity (Wildman–Crippen MR) is 530 cm³/mol. The molecule has 0 aliphatic carbocycles. The lowest BCUT2D eigenvalue weighted by molar-refractivity contribution is -0.137. The van der Waals surface area contributed by atoms with Crippen LogP contribution < -0.4 is 38.9 Å². The lowest BCUT2D eigenvalue weighted by atomic mass is 9.78. The van der Waals surface area contributed by atoms with E-state index in [0.29, 0.717) is 82.8 Å². The second kappa shape index (κ2) is 44.3. The second-order valence-corrected chi connectivity index (χ2v) is 45.6. The van der Waals surface area contributed by atoms with Crippen LogP contribution in [0.25, 0.3) is 0 Å². The molecule has 31 heteroatoms. The van der Waals surface area contributed by atoms with E-state index in [2.05, 4.69) is 40.2 Å². The highest BCUT2D eigenvalue weighted by atomic mass is 28.5. The molecule has 0 N–H and O–H groups in total. The first-order valence-electron chi connectivity index (χ1n) is 42.7. The molecule has 28 nitrogen and oxygen atoms in total. The third-order valence-corrected chi connectivity index (χ3v) is 32.4. The SMILES string of the molecule is C.C.C=C.C=C.CC(C)(c1ccc(Oc2ccc(N3C(=O)C=CC3=O)cc2)cc1)c1ccc(Oc2ccc(N3C(=O)C=CC3=O)cc2)cc1.CCc1cc(Cc2cc(C)c(N3C(=O)C=CC3=O)c(CC)c2)cc(C)c1N1C(=O)C=CC1=O.C[Si](C)(CN1C(=O)C=CC1=O)O[Si](C)(C)O[Si](C)(C)CN1C(=O)C=CC1=O.O=C1C=CC(=O)N1c1ccc(Cc2ccc(N3C(=O)C=CC3=O)cc2)cc1. The number of carbonyl (C=O) groups excluding carboxylic acids is 16. The fraction of sp³-hybridized carbons (Fsp3) is 0.200. The average molecular weight is 1890 g/mol. The summed E-state index contributed by atoms with van der Waals surface area (Å²) < 4.78 is 24.7. The van der Waals surface area contributed by atoms with Gasteiger partial charge in [-0.05, 0) is 232 Å². The Morgan fingerprint density at radius 1 is 0.279 bits per heavy atom. The Kier molecular flexibility index (Phi) is 33.9. The van der Waals surface area contributed by atoms with Gasteiger partial charge in [0.1, 0.15) is 23.0 Å². The molecule has 136 heavy (non-hydrogen) atoms. The molecule has 16 rings (SSSR count). The largest absolute Gasteiger partial charge is 0.457 e. The quantitative estimate of drug-likeness (QED) is 0.0276. The third kappa shape index (κ3) is 24.5. The molecular formula is C105H108N8O20Si3. The maximum absolute atomic E-state index is 12.2. The number of hydrogen-bond acceptors (Lipinski definition) is 20. The van der Waals surface area contributed by atoms with Gasteiger partial charge in [0.2, 0.25) is 0 Å². The summed E-state index contributed by atoms with van der Waals surface area (Å²) in [6, 6.07) is 51.8. The summed E-state index contributed by atoms with van der Waals surface area (Å²) in [5.74, 6) is -2.88. The van der Waals surface area contributed by atoms with Gasteiger partial charge in [-0.15, -0.1) is 26.3 Å². The Morgan fingerprint density at radius 3 is 0.721 bits per heavy atom. The van der Waals surface area contributed by atoms with Crippen molar-refractivity contribution in [3.8, 4) is 23.0 Å². The fourth-order valence-corrected chi connectivity index (χ4v) is 30.0. The summed E-state index contributed by atoms with van der Waals surface area (Å²) in [5, 5.41) is 0. The van der Waals surface area contributed by atoms with E-state index in [-0.39, 0.29) is 127 Å². The van der Waals surface area contributed by atoms with E-state index >= 15 is 0 Å². The number of rotatable bonds is 26. The summed E-state index contributed by atoms with van der Waals surface area (Å²) in [4.78, 5) is 200. The van der Waals surface area contributed by atoms with E-state index in [1.165, 1.54) is 117 Å². The first kappa shape index (κ1) is 104. The van der Waals surface area contributed by atoms with Gasteiger partial charge in [-0.2, -0.15) is 0 Å². The molecular weight excluding hydrogens is 1780 g/mol. The summed E-state index contributed by atoms with van der Waals surface area (Å²) >= 11 is 0. The third-order valence-electron chi connectivity index (χ3n) is 21.9. The highest BCUT2D eigenvalue weighted by Gasteiger charge is 2.45. The van der Waals surface area contributed by atoms with Crippen LogP contribution in [-0.2, 0) is 116 Å². The highest BCUT2D eigenvalue weighted by Crippen LogP contribution is 2.39. The van der Waals surface area contributed by atoms with E-state index in [1.54, 1.807) is 72.8 Å². The van der Waals surface area contributed by atoms with Crippen LogP contribution in [0.1, 0.15) is 98.2 Å². The van der Waals surface area contributed by atoms with Gasteiger partial charge in [-0.3, -0.25) is 86.5 Å². The molecule has 0 unspecified atom stereocenters. The van der Waals surface area contributed by atoms with E-state index in [0.717, 1.165) is 75.2 Å². The van der Waals surface area contributed by atoms with Crippen LogP contribution in [0.2, 0.25) is 39.3 Å². The monoisotopic (exact) mass is 1880 g/mol. The van der Waals surface area contributed by atoms with Gasteiger partial charge < -0.3 is 17.7 Å². The minimum absolute atomic E-state index is 0. The summed E-state index contributed by atoms with van der Waals surface area (Å²) in [5.41, 5.74) is 13.1. The number of aryl methyl sites for hydroxylation is 4. The number of ether oxygens (including phenoxy) is 2. The van der Waals surface area contributed by atoms with Crippen molar-refractivity contribution in [1.82, 2.24) is 9.80 Å². The van der Waals surface area contributed by atoms with Crippen molar-refractivity contribution in [2.45, 2.75) is 127 Å². The Morgan fingerprint density at radius 2 is 0.485 bits per heavy atom. The van der Waals surface area contributed by atoms with Crippen LogP contribution in [0.4, 0.5) is 34.1 Å². The van der Waals surface area contributed by atoms with Gasteiger partial charge in [0, 0.05) is 115 Å². The summed E-state index contributed by atoms with van der Waals surface area (Å²) in [6.07, 6.45) is 23.5. The van der Waals surface area contributed by atoms with E-state index in [9.17, 15) is 76.7 Å². The molecule has 0 spiro atoms. The van der Waals surface area contributed by atoms with Gasteiger partial charge in [-0.1, -0.05) is 115 Å². The lowest BCUT2D eigenvalue weighted by Gasteiger charge is -2.40. The number of nitrogens with zero attached hydrogens (tertiary/aromatic N) is 8. The maximum atomic E-state index is 12.2. The van der Waals surface area contributed by atoms with Gasteiger partial charge in [0.15, 0.2) is 16.6 Å². The van der Waals surface area contributed by atoms with Crippen LogP contribution >= 0.6 is 0 Å². The molecule has 8 aliphatic rings. The zero-order valence-electron chi connectivity index (χ0n) is 76.2. The van der Waals surface area contributed by atoms with Gasteiger partial charge in [-0.25, -0.2) is 29.4 Å². The molecule has 0 fully saturated rings. The zero-order chi connectivity index (χ0) is 97.6. The number of carbonyl (C=O) groups is 16. The van der Waals surface area contributed by atoms with Crippen molar-refractivity contribution in [1.29, 1.82) is 0 Å². The molecule has 8 aromatic carbocycles. The molecule has 8 aliphatic heterocycles. The van der Waals surface area contributed by atoms with Gasteiger partial charge in [0.05, 0.1) is 34.1 Å². The molecule has 8 heterocycles. The average Bonchev–Trinajstić information content (AvgIpc) is 1.28. The first-order chi connectivity index (χ1) is 63.7. The van der Waals surface area contributed by atoms with Crippen molar-refractivity contribution >= 4 is 154 Å². The second-order valence-electron chi connectivity index (χ2n) is 33.5. The topological polar surface area (TPSA) is 336 Å². The normalized spacial score (nSPS) is 15.3. The number of amides is 16. The fourth-order valence-electron chi connectivity index (χ4n) is 16.1. The Hall–Kier alpha value is -15.5. The van der Waals surface area contributed by atoms with E-state index < -0.39 is 25.2 Å². The van der Waals surface area contributed by atoms with Crippen molar-refractivity contribution in [3.63, 3.8) is 0 Å². The summed E-state index contributed by atoms with van der Waals surface area (Å²) in [6.45, 7) is 35.7. The van der Waals surface area contributed by atoms with E-state index in [1.807, 2.05) is 164 Å². The molecule has 0 saturated carbocycles. The van der Waals surface area contributed by atoms with Crippen LogP contribution in [0.5, 0.6) is 23.0 Å². The zero-order valence-corrected chi connectivity index (χ0v) is 79.2. The van der Waals surface area contributed by atoms with Crippen molar-refractivity contribution in [2.75, 3.05) is 41.7 Å². The minimum atomic E-state index is -2.62. The molecule has 700 valence electrons. The molecule has 0 aromatic heterocycles. The molecule has 0 saturated heterocycles. The Balaban J connectivity index is 0.000000203. The molecule has 16 amide bonds. The lowest BCUT2D eigenvalue weighted by Crippen LogP contribution is -2.59. The summed E-state index contributed by atoms with van der Waals surface area (Å²) in [7, 11) is -7.45. The van der Waals surface area contributed by atoms with Crippen molar-refractivity contribution < 1.29 is 94.4 Å². The van der Waals surface area contributed by atoms with Gasteiger partial charge >= 0.3 is 8.56 Å². The van der Waals surface area contributed by atoms with Crippen LogP contribution in [0, 0.1) is 13.8 Å². The van der Waals surface area contributed by atoms with Crippen molar-refractivity contribution in [3.05, 3.63) is 349 Å². The Labute approximate surface area is 793 Å². The predicted octanol–water partition coefficient (Wildman–Crippen LogP) is 16.4. The molecule has 0 bridgehead atoms. The molecule has 0 atom stereocenters. The highest BCUT2D eigenvalue weighted by molar-refractivity contribution is 6.88. The van der Waals surface area contributed by atoms with Crippen LogP contribution in [0.15, 0.2) is 293 Å². The number of benzene rings is 8. The maximum Gasteiger partial charge on any atom is 0.311 e. The standard InChI is InChI=1S/C35H26N2O6.C27H26N2O4.C21H14N2O4.C16H26N2O6Si3.2C2H4.2CH4/c1-35(2,23-3-11-27(12-4-23)42-29-15-7-25(8-16-29)36-31(38)19-20-32(36)39)24-5-13-28(14-6-24)43-30-17-9-26(10-18-30)37-33(40)21-22-34(37)41;1-5-20-14-18(11-16(3)26(20)28-22(30)7-8-23(28)31)13-19-12-17(4)27(21(6-2)15-19)29-24(32)9-10-25(29)33;24-18-9-10-19(25)22(18)16-5-1-14(2-6-16)13-15-3-7-17(8-4-15)23-20(26)11-12-21(23)27;1-25(2,11-17-13(19)7-8-14(17)20)23-27(5,6)24-26(3,4)12-18-15(21)9-10-16(18)22;2*1-2;;/h3-22H,1-2H3;7-12,14-15H,5-6,13H2,1-4H3;1-12H,13H2;7-10H,11-12H2,1-6H3;2*1-2H2;2*1H4.